The summed E-state index contributed by atoms with van der Waals surface area (Å²) in [5.41, 5.74) is 3.82. The third kappa shape index (κ3) is 4.48. The first-order valence-electron chi connectivity index (χ1n) is 13.0. The van der Waals surface area contributed by atoms with Crippen LogP contribution in [0.4, 0.5) is 0 Å². The molecule has 0 saturated carbocycles. The quantitative estimate of drug-likeness (QED) is 0.179. The molecule has 0 aliphatic rings. The lowest BCUT2D eigenvalue weighted by molar-refractivity contribution is 0.528. The largest absolute Gasteiger partial charge is 0.473 e. The fourth-order valence-electron chi connectivity index (χ4n) is 5.61. The van der Waals surface area contributed by atoms with Gasteiger partial charge in [0.25, 0.3) is 0 Å². The molecule has 0 aliphatic heterocycles. The molecule has 0 aromatic heterocycles. The molecular weight excluding hydrogens is 455 g/mol. The molecular formula is C34H39OP. The van der Waals surface area contributed by atoms with Crippen LogP contribution in [0.25, 0.3) is 43.4 Å². The second kappa shape index (κ2) is 8.46. The molecule has 36 heavy (non-hydrogen) atoms. The highest BCUT2D eigenvalue weighted by Crippen LogP contribution is 2.60. The minimum absolute atomic E-state index is 0.0180. The summed E-state index contributed by atoms with van der Waals surface area (Å²) in [5, 5.41) is 8.09. The van der Waals surface area contributed by atoms with E-state index < -0.39 is 8.15 Å². The molecule has 5 aromatic rings. The summed E-state index contributed by atoms with van der Waals surface area (Å²) < 4.78 is 6.93. The minimum atomic E-state index is -0.716. The van der Waals surface area contributed by atoms with E-state index in [2.05, 4.69) is 135 Å². The Morgan fingerprint density at radius 1 is 0.583 bits per heavy atom. The number of rotatable bonds is 3. The van der Waals surface area contributed by atoms with Gasteiger partial charge >= 0.3 is 0 Å². The molecule has 5 rings (SSSR count). The highest BCUT2D eigenvalue weighted by atomic mass is 31.1. The van der Waals surface area contributed by atoms with Gasteiger partial charge in [0.05, 0.1) is 8.15 Å². The van der Waals surface area contributed by atoms with E-state index in [9.17, 15) is 0 Å². The van der Waals surface area contributed by atoms with Crippen molar-refractivity contribution in [2.75, 3.05) is 0 Å². The molecule has 5 aromatic carbocycles. The molecule has 0 amide bonds. The molecule has 0 radical (unpaired) electrons. The van der Waals surface area contributed by atoms with Gasteiger partial charge in [-0.2, -0.15) is 0 Å². The van der Waals surface area contributed by atoms with Crippen LogP contribution in [0.5, 0.6) is 5.75 Å². The van der Waals surface area contributed by atoms with Gasteiger partial charge in [0.2, 0.25) is 0 Å². The van der Waals surface area contributed by atoms with Crippen molar-refractivity contribution in [3.8, 4) is 16.9 Å². The predicted octanol–water partition coefficient (Wildman–Crippen LogP) is 10.9. The Morgan fingerprint density at radius 3 is 1.72 bits per heavy atom. The van der Waals surface area contributed by atoms with Crippen molar-refractivity contribution in [3.63, 3.8) is 0 Å². The van der Waals surface area contributed by atoms with Crippen molar-refractivity contribution in [1.82, 2.24) is 0 Å². The Kier molecular flexibility index (Phi) is 5.88. The predicted molar refractivity (Wildman–Crippen MR) is 161 cm³/mol. The highest BCUT2D eigenvalue weighted by molar-refractivity contribution is 7.56. The highest BCUT2D eigenvalue weighted by Gasteiger charge is 2.38. The van der Waals surface area contributed by atoms with Gasteiger partial charge in [-0.1, -0.05) is 123 Å². The van der Waals surface area contributed by atoms with Gasteiger partial charge in [-0.05, 0) is 66.6 Å². The maximum Gasteiger partial charge on any atom is 0.124 e. The van der Waals surface area contributed by atoms with Crippen molar-refractivity contribution in [2.45, 2.75) is 78.0 Å². The van der Waals surface area contributed by atoms with Crippen LogP contribution in [-0.2, 0) is 5.41 Å². The molecule has 0 bridgehead atoms. The first kappa shape index (κ1) is 25.0. The second-order valence-electron chi connectivity index (χ2n) is 13.2. The zero-order valence-corrected chi connectivity index (χ0v) is 24.2. The standard InChI is InChI=1S/C34H39OP/c1-32(2,3)26-19-25(20-27(21-26)35-36(33(4,5)6)34(7,8)9)28-17-15-24-14-13-22-11-10-12-23-16-18-29(28)31(24)30(22)23/h10-21H,1-9H3. The maximum atomic E-state index is 6.93. The van der Waals surface area contributed by atoms with E-state index in [0.29, 0.717) is 0 Å². The summed E-state index contributed by atoms with van der Waals surface area (Å²) >= 11 is 0. The topological polar surface area (TPSA) is 9.23 Å². The molecule has 0 saturated heterocycles. The maximum absolute atomic E-state index is 6.93. The van der Waals surface area contributed by atoms with Gasteiger partial charge in [0.15, 0.2) is 0 Å². The average Bonchev–Trinajstić information content (AvgIpc) is 2.78. The molecule has 0 aliphatic carbocycles. The molecule has 0 unspecified atom stereocenters. The summed E-state index contributed by atoms with van der Waals surface area (Å²) in [7, 11) is -0.716. The first-order chi connectivity index (χ1) is 16.7. The van der Waals surface area contributed by atoms with Crippen molar-refractivity contribution < 1.29 is 4.52 Å². The van der Waals surface area contributed by atoms with E-state index in [1.54, 1.807) is 0 Å². The van der Waals surface area contributed by atoms with Gasteiger partial charge in [-0.15, -0.1) is 0 Å². The Hall–Kier alpha value is -2.63. The van der Waals surface area contributed by atoms with Gasteiger partial charge < -0.3 is 4.52 Å². The van der Waals surface area contributed by atoms with Crippen LogP contribution in [0.2, 0.25) is 0 Å². The van der Waals surface area contributed by atoms with Gasteiger partial charge in [-0.3, -0.25) is 0 Å². The Bertz CT molecular complexity index is 1530. The van der Waals surface area contributed by atoms with Gasteiger partial charge in [0, 0.05) is 10.3 Å². The van der Waals surface area contributed by atoms with Crippen LogP contribution in [-0.4, -0.2) is 10.3 Å². The SMILES string of the molecule is CC(C)(C)c1cc(OP(C(C)(C)C)C(C)(C)C)cc(-c2ccc3ccc4cccc5ccc2c3c45)c1. The molecule has 186 valence electrons. The summed E-state index contributed by atoms with van der Waals surface area (Å²) in [6.07, 6.45) is 0. The first-order valence-corrected chi connectivity index (χ1v) is 14.3. The van der Waals surface area contributed by atoms with E-state index in [1.165, 1.54) is 49.0 Å². The Balaban J connectivity index is 1.75. The van der Waals surface area contributed by atoms with Crippen LogP contribution in [0.3, 0.4) is 0 Å². The molecule has 0 heterocycles. The fraction of sp³-hybridized carbons (Fsp3) is 0.353. The Morgan fingerprint density at radius 2 is 1.14 bits per heavy atom. The van der Waals surface area contributed by atoms with Crippen molar-refractivity contribution in [3.05, 3.63) is 78.4 Å². The number of benzene rings is 5. The fourth-order valence-corrected chi connectivity index (χ4v) is 8.49. The van der Waals surface area contributed by atoms with E-state index in [4.69, 9.17) is 4.52 Å². The molecule has 1 nitrogen and oxygen atoms in total. The van der Waals surface area contributed by atoms with Crippen molar-refractivity contribution in [1.29, 1.82) is 0 Å². The number of hydrogen-bond donors (Lipinski definition) is 0. The lowest BCUT2D eigenvalue weighted by Gasteiger charge is -2.40. The monoisotopic (exact) mass is 494 g/mol. The summed E-state index contributed by atoms with van der Waals surface area (Å²) in [6, 6.07) is 27.2. The zero-order valence-electron chi connectivity index (χ0n) is 23.3. The summed E-state index contributed by atoms with van der Waals surface area (Å²) in [6.45, 7) is 20.7. The third-order valence-corrected chi connectivity index (χ3v) is 9.86. The van der Waals surface area contributed by atoms with E-state index >= 15 is 0 Å². The molecule has 0 fully saturated rings. The summed E-state index contributed by atoms with van der Waals surface area (Å²) in [4.78, 5) is 0. The normalized spacial score (nSPS) is 13.4. The van der Waals surface area contributed by atoms with Crippen molar-refractivity contribution in [2.24, 2.45) is 0 Å². The van der Waals surface area contributed by atoms with Crippen LogP contribution in [0.15, 0.2) is 72.8 Å². The van der Waals surface area contributed by atoms with Crippen LogP contribution in [0, 0.1) is 0 Å². The lowest BCUT2D eigenvalue weighted by atomic mass is 9.84. The lowest BCUT2D eigenvalue weighted by Crippen LogP contribution is -2.27. The molecule has 0 N–H and O–H groups in total. The zero-order chi connectivity index (χ0) is 26.0. The van der Waals surface area contributed by atoms with Crippen LogP contribution in [0.1, 0.15) is 67.9 Å². The van der Waals surface area contributed by atoms with Crippen LogP contribution >= 0.6 is 8.15 Å². The molecule has 2 heteroatoms. The third-order valence-electron chi connectivity index (χ3n) is 7.03. The van der Waals surface area contributed by atoms with Crippen molar-refractivity contribution >= 4 is 40.5 Å². The summed E-state index contributed by atoms with van der Waals surface area (Å²) in [5.74, 6) is 0.985. The molecule has 0 atom stereocenters. The second-order valence-corrected chi connectivity index (χ2v) is 16.6. The molecule has 0 spiro atoms. The van der Waals surface area contributed by atoms with E-state index in [0.717, 1.165) is 5.75 Å². The van der Waals surface area contributed by atoms with E-state index in [1.807, 2.05) is 0 Å². The van der Waals surface area contributed by atoms with Gasteiger partial charge in [0.1, 0.15) is 5.75 Å². The number of hydrogen-bond acceptors (Lipinski definition) is 1. The Labute approximate surface area is 218 Å². The smallest absolute Gasteiger partial charge is 0.124 e. The minimum Gasteiger partial charge on any atom is -0.473 e. The van der Waals surface area contributed by atoms with E-state index in [-0.39, 0.29) is 15.7 Å². The average molecular weight is 495 g/mol. The van der Waals surface area contributed by atoms with Crippen LogP contribution < -0.4 is 4.52 Å². The van der Waals surface area contributed by atoms with Gasteiger partial charge in [-0.25, -0.2) is 0 Å².